The number of hydrogen-bond acceptors (Lipinski definition) is 6. The number of thioether (sulfide) groups is 1. The zero-order chi connectivity index (χ0) is 21.1. The van der Waals surface area contributed by atoms with E-state index in [0.29, 0.717) is 33.2 Å². The molecule has 30 heavy (non-hydrogen) atoms. The maximum Gasteiger partial charge on any atom is 0.260 e. The third-order valence-corrected chi connectivity index (χ3v) is 6.47. The summed E-state index contributed by atoms with van der Waals surface area (Å²) >= 11 is 2.91. The molecule has 0 saturated carbocycles. The van der Waals surface area contributed by atoms with Crippen LogP contribution in [-0.4, -0.2) is 21.6 Å². The standard InChI is InChI=1S/C21H18FN3O3S2/c1-12(29-9-7-17(26)23-14-5-2-4-13(22)10-14)19-24-20(27)18-15(11-30-21(18)25-19)16-6-3-8-28-16/h2-6,8,10-12H,7,9H2,1H3,(H,23,26)(H,24,25,27). The van der Waals surface area contributed by atoms with Crippen LogP contribution in [0.1, 0.15) is 24.4 Å². The fourth-order valence-corrected chi connectivity index (χ4v) is 4.83. The number of thiophene rings is 1. The van der Waals surface area contributed by atoms with Gasteiger partial charge in [0.1, 0.15) is 22.2 Å². The highest BCUT2D eigenvalue weighted by molar-refractivity contribution is 7.99. The number of nitrogens with one attached hydrogen (secondary N) is 2. The van der Waals surface area contributed by atoms with Crippen LogP contribution in [0, 0.1) is 5.82 Å². The number of aromatic amines is 1. The molecular weight excluding hydrogens is 425 g/mol. The summed E-state index contributed by atoms with van der Waals surface area (Å²) in [7, 11) is 0. The Bertz CT molecular complexity index is 1230. The summed E-state index contributed by atoms with van der Waals surface area (Å²) in [6.07, 6.45) is 1.83. The molecule has 3 heterocycles. The van der Waals surface area contributed by atoms with Crippen molar-refractivity contribution in [2.45, 2.75) is 18.6 Å². The van der Waals surface area contributed by atoms with Gasteiger partial charge in [0.2, 0.25) is 5.91 Å². The number of nitrogens with zero attached hydrogens (tertiary/aromatic N) is 1. The number of benzene rings is 1. The van der Waals surface area contributed by atoms with Crippen LogP contribution in [0.15, 0.2) is 57.3 Å². The van der Waals surface area contributed by atoms with E-state index in [4.69, 9.17) is 4.42 Å². The first kappa shape index (κ1) is 20.4. The van der Waals surface area contributed by atoms with Crippen LogP contribution in [-0.2, 0) is 4.79 Å². The number of amides is 1. The second-order valence-corrected chi connectivity index (χ2v) is 8.89. The third-order valence-electron chi connectivity index (χ3n) is 4.44. The predicted octanol–water partition coefficient (Wildman–Crippen LogP) is 5.21. The van der Waals surface area contributed by atoms with Crippen molar-refractivity contribution in [3.05, 3.63) is 70.0 Å². The summed E-state index contributed by atoms with van der Waals surface area (Å²) in [5, 5.41) is 4.96. The maximum atomic E-state index is 13.2. The molecule has 3 aromatic heterocycles. The highest BCUT2D eigenvalue weighted by atomic mass is 32.2. The molecule has 0 radical (unpaired) electrons. The van der Waals surface area contributed by atoms with Gasteiger partial charge in [-0.15, -0.1) is 11.3 Å². The summed E-state index contributed by atoms with van der Waals surface area (Å²) < 4.78 is 18.6. The monoisotopic (exact) mass is 443 g/mol. The maximum absolute atomic E-state index is 13.2. The molecule has 1 aromatic carbocycles. The quantitative estimate of drug-likeness (QED) is 0.410. The minimum Gasteiger partial charge on any atom is -0.464 e. The topological polar surface area (TPSA) is 88.0 Å². The Morgan fingerprint density at radius 2 is 2.23 bits per heavy atom. The van der Waals surface area contributed by atoms with E-state index in [1.54, 1.807) is 24.5 Å². The lowest BCUT2D eigenvalue weighted by atomic mass is 10.2. The summed E-state index contributed by atoms with van der Waals surface area (Å²) in [5.41, 5.74) is 0.952. The molecule has 4 aromatic rings. The van der Waals surface area contributed by atoms with Crippen molar-refractivity contribution < 1.29 is 13.6 Å². The van der Waals surface area contributed by atoms with Crippen LogP contribution in [0.3, 0.4) is 0 Å². The first-order chi connectivity index (χ1) is 14.5. The van der Waals surface area contributed by atoms with Crippen LogP contribution in [0.5, 0.6) is 0 Å². The Morgan fingerprint density at radius 1 is 1.37 bits per heavy atom. The van der Waals surface area contributed by atoms with E-state index in [0.717, 1.165) is 5.56 Å². The number of carbonyl (C=O) groups is 1. The molecule has 2 N–H and O–H groups in total. The summed E-state index contributed by atoms with van der Waals surface area (Å²) in [6.45, 7) is 1.93. The lowest BCUT2D eigenvalue weighted by molar-refractivity contribution is -0.115. The summed E-state index contributed by atoms with van der Waals surface area (Å²) in [4.78, 5) is 32.8. The number of aromatic nitrogens is 2. The minimum absolute atomic E-state index is 0.0989. The van der Waals surface area contributed by atoms with Crippen molar-refractivity contribution in [2.75, 3.05) is 11.1 Å². The highest BCUT2D eigenvalue weighted by Crippen LogP contribution is 2.33. The zero-order valence-corrected chi connectivity index (χ0v) is 17.6. The second kappa shape index (κ2) is 8.85. The Labute approximate surface area is 179 Å². The van der Waals surface area contributed by atoms with Gasteiger partial charge in [0, 0.05) is 28.8 Å². The lowest BCUT2D eigenvalue weighted by Crippen LogP contribution is -2.14. The van der Waals surface area contributed by atoms with Gasteiger partial charge in [0.15, 0.2) is 0 Å². The van der Waals surface area contributed by atoms with Gasteiger partial charge in [-0.05, 0) is 37.3 Å². The Balaban J connectivity index is 1.39. The third kappa shape index (κ3) is 4.47. The van der Waals surface area contributed by atoms with Crippen molar-refractivity contribution in [1.29, 1.82) is 0 Å². The van der Waals surface area contributed by atoms with Crippen LogP contribution in [0.25, 0.3) is 21.5 Å². The number of hydrogen-bond donors (Lipinski definition) is 2. The fraction of sp³-hybridized carbons (Fsp3) is 0.190. The molecule has 0 fully saturated rings. The van der Waals surface area contributed by atoms with E-state index in [9.17, 15) is 14.0 Å². The number of H-pyrrole nitrogens is 1. The normalized spacial score (nSPS) is 12.2. The average molecular weight is 444 g/mol. The molecule has 0 aliphatic heterocycles. The van der Waals surface area contributed by atoms with Crippen molar-refractivity contribution in [3.8, 4) is 11.3 Å². The lowest BCUT2D eigenvalue weighted by Gasteiger charge is -2.11. The van der Waals surface area contributed by atoms with Gasteiger partial charge in [0.05, 0.1) is 16.9 Å². The van der Waals surface area contributed by atoms with Crippen molar-refractivity contribution in [3.63, 3.8) is 0 Å². The first-order valence-electron chi connectivity index (χ1n) is 9.23. The number of carbonyl (C=O) groups excluding carboxylic acids is 1. The molecule has 4 rings (SSSR count). The van der Waals surface area contributed by atoms with Crippen molar-refractivity contribution in [1.82, 2.24) is 9.97 Å². The Hall–Kier alpha value is -2.91. The minimum atomic E-state index is -0.398. The largest absolute Gasteiger partial charge is 0.464 e. The fourth-order valence-electron chi connectivity index (χ4n) is 2.97. The molecule has 0 aliphatic rings. The highest BCUT2D eigenvalue weighted by Gasteiger charge is 2.17. The molecule has 1 amide bonds. The SMILES string of the molecule is CC(SCCC(=O)Nc1cccc(F)c1)c1nc2scc(-c3ccco3)c2c(=O)[nH]1. The van der Waals surface area contributed by atoms with Gasteiger partial charge < -0.3 is 14.7 Å². The van der Waals surface area contributed by atoms with Gasteiger partial charge in [-0.25, -0.2) is 9.37 Å². The second-order valence-electron chi connectivity index (χ2n) is 6.58. The number of rotatable bonds is 7. The van der Waals surface area contributed by atoms with Gasteiger partial charge in [-0.2, -0.15) is 11.8 Å². The van der Waals surface area contributed by atoms with Crippen LogP contribution in [0.4, 0.5) is 10.1 Å². The number of halogens is 1. The number of furan rings is 1. The van der Waals surface area contributed by atoms with Gasteiger partial charge in [0.25, 0.3) is 5.56 Å². The van der Waals surface area contributed by atoms with Crippen molar-refractivity contribution in [2.24, 2.45) is 0 Å². The summed E-state index contributed by atoms with van der Waals surface area (Å²) in [5.74, 6) is 1.14. The van der Waals surface area contributed by atoms with Crippen LogP contribution < -0.4 is 10.9 Å². The Morgan fingerprint density at radius 3 is 3.00 bits per heavy atom. The van der Waals surface area contributed by atoms with Crippen molar-refractivity contribution >= 4 is 44.9 Å². The van der Waals surface area contributed by atoms with Crippen LogP contribution in [0.2, 0.25) is 0 Å². The molecule has 0 aliphatic carbocycles. The van der Waals surface area contributed by atoms with Gasteiger partial charge in [-0.3, -0.25) is 9.59 Å². The van der Waals surface area contributed by atoms with E-state index in [1.165, 1.54) is 35.2 Å². The van der Waals surface area contributed by atoms with Gasteiger partial charge in [-0.1, -0.05) is 6.07 Å². The molecular formula is C21H18FN3O3S2. The average Bonchev–Trinajstić information content (AvgIpc) is 3.37. The Kier molecular flexibility index (Phi) is 6.01. The molecule has 1 unspecified atom stereocenters. The molecule has 0 spiro atoms. The van der Waals surface area contributed by atoms with Crippen LogP contribution >= 0.6 is 23.1 Å². The number of fused-ring (bicyclic) bond motifs is 1. The smallest absolute Gasteiger partial charge is 0.260 e. The molecule has 154 valence electrons. The molecule has 6 nitrogen and oxygen atoms in total. The first-order valence-corrected chi connectivity index (χ1v) is 11.2. The van der Waals surface area contributed by atoms with E-state index < -0.39 is 5.82 Å². The van der Waals surface area contributed by atoms with E-state index in [-0.39, 0.29) is 23.1 Å². The summed E-state index contributed by atoms with van der Waals surface area (Å²) in [6, 6.07) is 9.36. The van der Waals surface area contributed by atoms with E-state index >= 15 is 0 Å². The number of anilines is 1. The predicted molar refractivity (Wildman–Crippen MR) is 118 cm³/mol. The molecule has 1 atom stereocenters. The molecule has 0 bridgehead atoms. The van der Waals surface area contributed by atoms with E-state index in [1.807, 2.05) is 18.4 Å². The van der Waals surface area contributed by atoms with Gasteiger partial charge >= 0.3 is 0 Å². The molecule has 9 heteroatoms. The molecule has 0 saturated heterocycles. The zero-order valence-electron chi connectivity index (χ0n) is 16.0. The van der Waals surface area contributed by atoms with E-state index in [2.05, 4.69) is 15.3 Å².